The summed E-state index contributed by atoms with van der Waals surface area (Å²) in [6.45, 7) is 0. The van der Waals surface area contributed by atoms with E-state index in [4.69, 9.17) is 10.5 Å². The number of para-hydroxylation sites is 1. The molecule has 140 valence electrons. The van der Waals surface area contributed by atoms with Gasteiger partial charge < -0.3 is 10.5 Å². The molecule has 1 spiro atoms. The van der Waals surface area contributed by atoms with Gasteiger partial charge in [-0.15, -0.1) is 0 Å². The van der Waals surface area contributed by atoms with Crippen molar-refractivity contribution < 1.29 is 9.53 Å². The van der Waals surface area contributed by atoms with Gasteiger partial charge in [-0.1, -0.05) is 36.4 Å². The molecular formula is C23H16N4O2. The van der Waals surface area contributed by atoms with Gasteiger partial charge in [-0.25, -0.2) is 4.99 Å². The molecule has 1 amide bonds. The zero-order valence-electron chi connectivity index (χ0n) is 15.6. The first-order chi connectivity index (χ1) is 14.0. The van der Waals surface area contributed by atoms with E-state index in [-0.39, 0.29) is 11.9 Å². The molecule has 6 nitrogen and oxygen atoms in total. The van der Waals surface area contributed by atoms with E-state index in [0.29, 0.717) is 28.2 Å². The van der Waals surface area contributed by atoms with Crippen molar-refractivity contribution >= 4 is 11.9 Å². The van der Waals surface area contributed by atoms with Crippen molar-refractivity contribution in [1.82, 2.24) is 4.90 Å². The van der Waals surface area contributed by atoms with E-state index in [9.17, 15) is 10.1 Å². The maximum atomic E-state index is 13.4. The summed E-state index contributed by atoms with van der Waals surface area (Å²) in [6.07, 6.45) is 0. The summed E-state index contributed by atoms with van der Waals surface area (Å²) in [5, 5.41) is 9.22. The number of nitrogens with two attached hydrogens (primary N) is 1. The van der Waals surface area contributed by atoms with Gasteiger partial charge in [0.25, 0.3) is 5.91 Å². The second-order valence-electron chi connectivity index (χ2n) is 7.05. The van der Waals surface area contributed by atoms with Crippen molar-refractivity contribution in [2.45, 2.75) is 5.54 Å². The summed E-state index contributed by atoms with van der Waals surface area (Å²) in [7, 11) is 1.62. The molecule has 5 rings (SSSR count). The van der Waals surface area contributed by atoms with E-state index in [1.807, 2.05) is 60.7 Å². The van der Waals surface area contributed by atoms with Gasteiger partial charge >= 0.3 is 0 Å². The Morgan fingerprint density at radius 3 is 2.52 bits per heavy atom. The fourth-order valence-corrected chi connectivity index (χ4v) is 3.96. The average molecular weight is 380 g/mol. The van der Waals surface area contributed by atoms with Gasteiger partial charge in [0.1, 0.15) is 11.5 Å². The maximum Gasteiger partial charge on any atom is 0.266 e. The van der Waals surface area contributed by atoms with Crippen LogP contribution in [0.25, 0.3) is 11.1 Å². The predicted octanol–water partition coefficient (Wildman–Crippen LogP) is 3.36. The molecular weight excluding hydrogens is 364 g/mol. The molecule has 29 heavy (non-hydrogen) atoms. The molecule has 0 bridgehead atoms. The summed E-state index contributed by atoms with van der Waals surface area (Å²) in [5.41, 5.74) is 8.36. The average Bonchev–Trinajstić information content (AvgIpc) is 2.98. The third kappa shape index (κ3) is 2.28. The number of nitrogens with zero attached hydrogens (tertiary/aromatic N) is 3. The summed E-state index contributed by atoms with van der Waals surface area (Å²) < 4.78 is 6.09. The highest BCUT2D eigenvalue weighted by Gasteiger charge is 2.54. The molecule has 1 unspecified atom stereocenters. The number of rotatable bonds is 1. The molecule has 2 aliphatic rings. The zero-order chi connectivity index (χ0) is 20.2. The van der Waals surface area contributed by atoms with Crippen LogP contribution < -0.4 is 10.5 Å². The fraction of sp³-hybridized carbons (Fsp3) is 0.0870. The summed E-state index contributed by atoms with van der Waals surface area (Å²) in [6, 6.07) is 22.5. The van der Waals surface area contributed by atoms with Gasteiger partial charge in [0.2, 0.25) is 5.54 Å². The Labute approximate surface area is 167 Å². The van der Waals surface area contributed by atoms with Crippen molar-refractivity contribution in [1.29, 1.82) is 5.26 Å². The monoisotopic (exact) mass is 380 g/mol. The van der Waals surface area contributed by atoms with E-state index in [1.165, 1.54) is 4.90 Å². The lowest BCUT2D eigenvalue weighted by Gasteiger charge is -2.33. The second kappa shape index (κ2) is 5.94. The van der Waals surface area contributed by atoms with Gasteiger partial charge in [0.05, 0.1) is 11.6 Å². The van der Waals surface area contributed by atoms with Crippen LogP contribution in [0.1, 0.15) is 16.7 Å². The number of hydrogen-bond acceptors (Lipinski definition) is 5. The molecule has 6 heteroatoms. The first kappa shape index (κ1) is 17.0. The van der Waals surface area contributed by atoms with Gasteiger partial charge in [-0.2, -0.15) is 5.26 Å². The number of hydrogen-bond donors (Lipinski definition) is 1. The number of fused-ring (bicyclic) bond motifs is 4. The number of nitriles is 1. The van der Waals surface area contributed by atoms with Crippen LogP contribution in [0.5, 0.6) is 11.5 Å². The molecule has 0 aliphatic carbocycles. The predicted molar refractivity (Wildman–Crippen MR) is 108 cm³/mol. The number of carbonyl (C=O) groups excluding carboxylic acids is 1. The molecule has 0 aromatic heterocycles. The number of carbonyl (C=O) groups is 1. The Bertz CT molecular complexity index is 1260. The van der Waals surface area contributed by atoms with Gasteiger partial charge in [0.15, 0.2) is 5.96 Å². The molecule has 2 aliphatic heterocycles. The zero-order valence-corrected chi connectivity index (χ0v) is 15.6. The van der Waals surface area contributed by atoms with Crippen LogP contribution in [0.4, 0.5) is 0 Å². The normalized spacial score (nSPS) is 19.2. The highest BCUT2D eigenvalue weighted by molar-refractivity contribution is 6.10. The number of guanidine groups is 1. The Morgan fingerprint density at radius 1 is 1.00 bits per heavy atom. The second-order valence-corrected chi connectivity index (χ2v) is 7.05. The van der Waals surface area contributed by atoms with Crippen molar-refractivity contribution in [3.8, 4) is 28.7 Å². The number of benzene rings is 3. The van der Waals surface area contributed by atoms with E-state index >= 15 is 0 Å². The van der Waals surface area contributed by atoms with Crippen LogP contribution >= 0.6 is 0 Å². The van der Waals surface area contributed by atoms with Gasteiger partial charge in [-0.05, 0) is 41.5 Å². The molecule has 3 aromatic rings. The van der Waals surface area contributed by atoms with E-state index in [2.05, 4.69) is 11.1 Å². The molecule has 0 saturated carbocycles. The minimum absolute atomic E-state index is 0.162. The summed E-state index contributed by atoms with van der Waals surface area (Å²) in [5.74, 6) is 1.08. The highest BCUT2D eigenvalue weighted by atomic mass is 16.5. The smallest absolute Gasteiger partial charge is 0.266 e. The van der Waals surface area contributed by atoms with Crippen LogP contribution in [-0.4, -0.2) is 23.8 Å². The van der Waals surface area contributed by atoms with Crippen LogP contribution in [0.2, 0.25) is 0 Å². The number of aliphatic imine (C=N–C) groups is 1. The molecule has 2 N–H and O–H groups in total. The van der Waals surface area contributed by atoms with Crippen LogP contribution in [0.3, 0.4) is 0 Å². The van der Waals surface area contributed by atoms with Crippen molar-refractivity contribution in [3.05, 3.63) is 83.4 Å². The Kier molecular flexibility index (Phi) is 3.49. The Hall–Kier alpha value is -4.11. The van der Waals surface area contributed by atoms with Crippen molar-refractivity contribution in [2.75, 3.05) is 7.05 Å². The van der Waals surface area contributed by atoms with E-state index < -0.39 is 5.54 Å². The number of amides is 1. The minimum atomic E-state index is -1.29. The van der Waals surface area contributed by atoms with E-state index in [0.717, 1.165) is 11.1 Å². The van der Waals surface area contributed by atoms with Crippen molar-refractivity contribution in [3.63, 3.8) is 0 Å². The maximum absolute atomic E-state index is 13.4. The molecule has 1 atom stereocenters. The Morgan fingerprint density at radius 2 is 1.76 bits per heavy atom. The lowest BCUT2D eigenvalue weighted by molar-refractivity contribution is -0.129. The van der Waals surface area contributed by atoms with Gasteiger partial charge in [-0.3, -0.25) is 9.69 Å². The lowest BCUT2D eigenvalue weighted by atomic mass is 9.79. The number of likely N-dealkylation sites (N-methyl/N-ethyl adjacent to an activating group) is 1. The first-order valence-corrected chi connectivity index (χ1v) is 9.10. The quantitative estimate of drug-likeness (QED) is 0.701. The third-order valence-electron chi connectivity index (χ3n) is 5.43. The fourth-order valence-electron chi connectivity index (χ4n) is 3.96. The highest BCUT2D eigenvalue weighted by Crippen LogP contribution is 2.52. The van der Waals surface area contributed by atoms with Crippen LogP contribution in [0, 0.1) is 11.3 Å². The minimum Gasteiger partial charge on any atom is -0.457 e. The molecule has 0 radical (unpaired) electrons. The Balaban J connectivity index is 1.78. The molecule has 3 aromatic carbocycles. The van der Waals surface area contributed by atoms with Crippen LogP contribution in [0.15, 0.2) is 71.7 Å². The largest absolute Gasteiger partial charge is 0.457 e. The SMILES string of the molecule is CN1C(=O)C2(N=C1N)c1ccccc1Oc1ccc(-c3cccc(C#N)c3)cc12. The summed E-state index contributed by atoms with van der Waals surface area (Å²) >= 11 is 0. The van der Waals surface area contributed by atoms with Gasteiger partial charge in [0, 0.05) is 18.2 Å². The first-order valence-electron chi connectivity index (χ1n) is 9.10. The van der Waals surface area contributed by atoms with Crippen molar-refractivity contribution in [2.24, 2.45) is 10.7 Å². The molecule has 2 heterocycles. The summed E-state index contributed by atoms with van der Waals surface area (Å²) in [4.78, 5) is 19.4. The van der Waals surface area contributed by atoms with E-state index in [1.54, 1.807) is 13.1 Å². The lowest BCUT2D eigenvalue weighted by Crippen LogP contribution is -2.42. The molecule has 0 saturated heterocycles. The third-order valence-corrected chi connectivity index (χ3v) is 5.43. The molecule has 0 fully saturated rings. The standard InChI is InChI=1S/C23H16N4O2/c1-27-21(28)23(26-22(27)25)17-7-2-3-8-19(17)29-20-10-9-16(12-18(20)23)15-6-4-5-14(11-15)13-24/h2-12H,1H3,(H2,25,26). The van der Waals surface area contributed by atoms with Crippen LogP contribution in [-0.2, 0) is 10.3 Å². The topological polar surface area (TPSA) is 91.7 Å². The number of ether oxygens (including phenoxy) is 1.